The van der Waals surface area contributed by atoms with Crippen LogP contribution < -0.4 is 5.32 Å². The van der Waals surface area contributed by atoms with Crippen molar-refractivity contribution in [2.75, 3.05) is 33.1 Å². The topological polar surface area (TPSA) is 50.7 Å². The highest BCUT2D eigenvalue weighted by Crippen LogP contribution is 2.47. The van der Waals surface area contributed by atoms with Gasteiger partial charge in [-0.15, -0.1) is 0 Å². The lowest BCUT2D eigenvalue weighted by Gasteiger charge is -2.24. The van der Waals surface area contributed by atoms with Gasteiger partial charge >= 0.3 is 0 Å². The van der Waals surface area contributed by atoms with E-state index in [2.05, 4.69) is 5.32 Å². The van der Waals surface area contributed by atoms with E-state index in [4.69, 9.17) is 14.6 Å². The van der Waals surface area contributed by atoms with Crippen LogP contribution in [-0.4, -0.2) is 44.3 Å². The van der Waals surface area contributed by atoms with Gasteiger partial charge in [-0.2, -0.15) is 0 Å². The van der Waals surface area contributed by atoms with Crippen molar-refractivity contribution in [3.63, 3.8) is 0 Å². The quantitative estimate of drug-likeness (QED) is 0.677. The molecule has 0 radical (unpaired) electrons. The molecule has 1 atom stereocenters. The first-order chi connectivity index (χ1) is 7.35. The van der Waals surface area contributed by atoms with Crippen molar-refractivity contribution >= 4 is 0 Å². The van der Waals surface area contributed by atoms with Crippen molar-refractivity contribution in [1.29, 1.82) is 0 Å². The molecule has 15 heavy (non-hydrogen) atoms. The number of hydrogen-bond donors (Lipinski definition) is 2. The van der Waals surface area contributed by atoms with Crippen LogP contribution in [0, 0.1) is 5.41 Å². The second kappa shape index (κ2) is 5.25. The Morgan fingerprint density at radius 2 is 2.27 bits per heavy atom. The van der Waals surface area contributed by atoms with Gasteiger partial charge in [-0.25, -0.2) is 0 Å². The Hall–Kier alpha value is -0.160. The normalized spacial score (nSPS) is 29.0. The summed E-state index contributed by atoms with van der Waals surface area (Å²) in [5.74, 6) is 0. The maximum absolute atomic E-state index is 8.92. The van der Waals surface area contributed by atoms with Gasteiger partial charge in [0, 0.05) is 19.7 Å². The van der Waals surface area contributed by atoms with Crippen molar-refractivity contribution in [2.45, 2.75) is 31.8 Å². The molecular formula is C11H21NO3. The summed E-state index contributed by atoms with van der Waals surface area (Å²) in [6, 6.07) is 0. The van der Waals surface area contributed by atoms with Crippen molar-refractivity contribution < 1.29 is 14.6 Å². The van der Waals surface area contributed by atoms with E-state index in [1.165, 1.54) is 12.8 Å². The second-order valence-electron chi connectivity index (χ2n) is 4.71. The van der Waals surface area contributed by atoms with E-state index in [1.807, 2.05) is 0 Å². The summed E-state index contributed by atoms with van der Waals surface area (Å²) in [5, 5.41) is 12.4. The molecule has 88 valence electrons. The minimum absolute atomic E-state index is 0.309. The Morgan fingerprint density at radius 1 is 1.40 bits per heavy atom. The summed E-state index contributed by atoms with van der Waals surface area (Å²) in [6.45, 7) is 3.50. The van der Waals surface area contributed by atoms with Gasteiger partial charge in [0.25, 0.3) is 0 Å². The summed E-state index contributed by atoms with van der Waals surface area (Å²) < 4.78 is 10.6. The highest BCUT2D eigenvalue weighted by molar-refractivity contribution is 4.94. The van der Waals surface area contributed by atoms with Crippen molar-refractivity contribution in [3.05, 3.63) is 0 Å². The Balaban J connectivity index is 1.58. The third-order valence-electron chi connectivity index (χ3n) is 3.44. The van der Waals surface area contributed by atoms with Crippen LogP contribution in [0.4, 0.5) is 0 Å². The largest absolute Gasteiger partial charge is 0.396 e. The number of nitrogens with one attached hydrogen (secondary N) is 1. The molecule has 0 aromatic carbocycles. The van der Waals surface area contributed by atoms with Crippen LogP contribution in [0.5, 0.6) is 0 Å². The monoisotopic (exact) mass is 215 g/mol. The van der Waals surface area contributed by atoms with Crippen LogP contribution in [0.2, 0.25) is 0 Å². The van der Waals surface area contributed by atoms with Gasteiger partial charge in [0.1, 0.15) is 6.79 Å². The minimum Gasteiger partial charge on any atom is -0.396 e. The first kappa shape index (κ1) is 11.3. The fourth-order valence-electron chi connectivity index (χ4n) is 2.09. The molecule has 1 saturated heterocycles. The Bertz CT molecular complexity index is 188. The van der Waals surface area contributed by atoms with Crippen LogP contribution >= 0.6 is 0 Å². The molecule has 2 rings (SSSR count). The molecule has 1 unspecified atom stereocenters. The number of ether oxygens (including phenoxy) is 2. The average molecular weight is 215 g/mol. The van der Waals surface area contributed by atoms with Crippen LogP contribution in [0.1, 0.15) is 25.7 Å². The standard InChI is InChI=1S/C11H21NO3/c13-5-4-11(2-3-11)8-12-7-10-1-6-14-9-15-10/h10,12-13H,1-9H2. The molecule has 2 aliphatic rings. The summed E-state index contributed by atoms with van der Waals surface area (Å²) in [7, 11) is 0. The first-order valence-corrected chi connectivity index (χ1v) is 5.86. The van der Waals surface area contributed by atoms with E-state index in [9.17, 15) is 0 Å². The van der Waals surface area contributed by atoms with Gasteiger partial charge in [-0.3, -0.25) is 0 Å². The van der Waals surface area contributed by atoms with Gasteiger partial charge in [0.15, 0.2) is 0 Å². The lowest BCUT2D eigenvalue weighted by atomic mass is 10.0. The number of hydrogen-bond acceptors (Lipinski definition) is 4. The lowest BCUT2D eigenvalue weighted by molar-refractivity contribution is -0.137. The number of aliphatic hydroxyl groups excluding tert-OH is 1. The van der Waals surface area contributed by atoms with E-state index in [1.54, 1.807) is 0 Å². The van der Waals surface area contributed by atoms with E-state index in [-0.39, 0.29) is 0 Å². The van der Waals surface area contributed by atoms with E-state index >= 15 is 0 Å². The van der Waals surface area contributed by atoms with Gasteiger partial charge in [-0.05, 0) is 31.1 Å². The maximum Gasteiger partial charge on any atom is 0.147 e. The van der Waals surface area contributed by atoms with Gasteiger partial charge in [0.2, 0.25) is 0 Å². The molecule has 0 aromatic heterocycles. The second-order valence-corrected chi connectivity index (χ2v) is 4.71. The number of rotatable bonds is 6. The molecule has 2 fully saturated rings. The molecular weight excluding hydrogens is 194 g/mol. The molecule has 1 aliphatic carbocycles. The first-order valence-electron chi connectivity index (χ1n) is 5.86. The van der Waals surface area contributed by atoms with Crippen LogP contribution in [0.3, 0.4) is 0 Å². The summed E-state index contributed by atoms with van der Waals surface area (Å²) >= 11 is 0. The molecule has 2 N–H and O–H groups in total. The zero-order chi connectivity index (χ0) is 10.6. The van der Waals surface area contributed by atoms with E-state index in [0.29, 0.717) is 24.9 Å². The van der Waals surface area contributed by atoms with Crippen LogP contribution in [0.25, 0.3) is 0 Å². The van der Waals surface area contributed by atoms with Crippen molar-refractivity contribution in [1.82, 2.24) is 5.32 Å². The van der Waals surface area contributed by atoms with Gasteiger partial charge < -0.3 is 19.9 Å². The average Bonchev–Trinajstić information content (AvgIpc) is 3.00. The Morgan fingerprint density at radius 3 is 2.87 bits per heavy atom. The molecule has 0 amide bonds. The fourth-order valence-corrected chi connectivity index (χ4v) is 2.09. The molecule has 0 aromatic rings. The molecule has 4 heteroatoms. The third kappa shape index (κ3) is 3.41. The van der Waals surface area contributed by atoms with Crippen LogP contribution in [0.15, 0.2) is 0 Å². The van der Waals surface area contributed by atoms with Crippen molar-refractivity contribution in [2.24, 2.45) is 5.41 Å². The fraction of sp³-hybridized carbons (Fsp3) is 1.00. The highest BCUT2D eigenvalue weighted by Gasteiger charge is 2.41. The summed E-state index contributed by atoms with van der Waals surface area (Å²) in [6.07, 6.45) is 4.75. The molecule has 1 saturated carbocycles. The van der Waals surface area contributed by atoms with Gasteiger partial charge in [-0.1, -0.05) is 0 Å². The maximum atomic E-state index is 8.92. The zero-order valence-corrected chi connectivity index (χ0v) is 9.21. The predicted octanol–water partition coefficient (Wildman–Crippen LogP) is 0.502. The van der Waals surface area contributed by atoms with Gasteiger partial charge in [0.05, 0.1) is 12.7 Å². The lowest BCUT2D eigenvalue weighted by Crippen LogP contribution is -2.36. The Labute approximate surface area is 90.9 Å². The highest BCUT2D eigenvalue weighted by atomic mass is 16.7. The number of aliphatic hydroxyl groups is 1. The third-order valence-corrected chi connectivity index (χ3v) is 3.44. The predicted molar refractivity (Wildman–Crippen MR) is 56.5 cm³/mol. The molecule has 1 heterocycles. The van der Waals surface area contributed by atoms with Crippen LogP contribution in [-0.2, 0) is 9.47 Å². The zero-order valence-electron chi connectivity index (χ0n) is 9.21. The summed E-state index contributed by atoms with van der Waals surface area (Å²) in [4.78, 5) is 0. The Kier molecular flexibility index (Phi) is 3.97. The molecule has 0 bridgehead atoms. The SMILES string of the molecule is OCCC1(CNCC2CCOCO2)CC1. The molecule has 0 spiro atoms. The molecule has 4 nitrogen and oxygen atoms in total. The summed E-state index contributed by atoms with van der Waals surface area (Å²) in [5.41, 5.74) is 0.403. The van der Waals surface area contributed by atoms with E-state index in [0.717, 1.165) is 32.5 Å². The van der Waals surface area contributed by atoms with Crippen molar-refractivity contribution in [3.8, 4) is 0 Å². The smallest absolute Gasteiger partial charge is 0.147 e. The van der Waals surface area contributed by atoms with E-state index < -0.39 is 0 Å². The molecule has 1 aliphatic heterocycles. The minimum atomic E-state index is 0.309.